The number of nitrogens with one attached hydrogen (secondary N) is 1. The molecule has 4 nitrogen and oxygen atoms in total. The van der Waals surface area contributed by atoms with E-state index in [-0.39, 0.29) is 13.0 Å². The van der Waals surface area contributed by atoms with Crippen LogP contribution in [-0.4, -0.2) is 33.8 Å². The van der Waals surface area contributed by atoms with Crippen molar-refractivity contribution in [2.45, 2.75) is 109 Å². The molecule has 0 aromatic rings. The zero-order valence-corrected chi connectivity index (χ0v) is 18.8. The van der Waals surface area contributed by atoms with E-state index >= 15 is 0 Å². The molecule has 0 radical (unpaired) electrons. The highest BCUT2D eigenvalue weighted by atomic mass is 32.2. The van der Waals surface area contributed by atoms with Crippen molar-refractivity contribution < 1.29 is 26.9 Å². The van der Waals surface area contributed by atoms with Crippen molar-refractivity contribution in [1.82, 2.24) is 4.72 Å². The maximum absolute atomic E-state index is 13.7. The van der Waals surface area contributed by atoms with Crippen LogP contribution in [0.15, 0.2) is 0 Å². The molecule has 0 aromatic heterocycles. The van der Waals surface area contributed by atoms with E-state index in [9.17, 15) is 22.2 Å². The van der Waals surface area contributed by atoms with Gasteiger partial charge < -0.3 is 4.74 Å². The van der Waals surface area contributed by atoms with Crippen LogP contribution in [0.1, 0.15) is 92.4 Å². The minimum Gasteiger partial charge on any atom is -0.466 e. The van der Waals surface area contributed by atoms with Gasteiger partial charge in [0.2, 0.25) is 0 Å². The molecule has 168 valence electrons. The summed E-state index contributed by atoms with van der Waals surface area (Å²) in [5.74, 6) is -2.28. The topological polar surface area (TPSA) is 55.4 Å². The monoisotopic (exact) mass is 429 g/mol. The fraction of sp³-hybridized carbons (Fsp3) is 0.950. The Hall–Kier alpha value is -0.630. The number of carbonyl (C=O) groups is 1. The number of halogens is 3. The van der Waals surface area contributed by atoms with Gasteiger partial charge in [-0.3, -0.25) is 4.79 Å². The third-order valence-electron chi connectivity index (χ3n) is 4.50. The second kappa shape index (κ2) is 13.6. The molecule has 0 rings (SSSR count). The number of rotatable bonds is 14. The first-order valence-corrected chi connectivity index (χ1v) is 11.5. The minimum absolute atomic E-state index is 0.0136. The number of carbonyl (C=O) groups excluding carboxylic acids is 1. The predicted molar refractivity (Wildman–Crippen MR) is 108 cm³/mol. The molecule has 0 aliphatic heterocycles. The second-order valence-corrected chi connectivity index (χ2v) is 10.1. The first-order chi connectivity index (χ1) is 12.9. The van der Waals surface area contributed by atoms with E-state index in [1.165, 1.54) is 19.3 Å². The lowest BCUT2D eigenvalue weighted by atomic mass is 9.93. The molecule has 0 unspecified atom stereocenters. The lowest BCUT2D eigenvalue weighted by Gasteiger charge is -2.30. The maximum atomic E-state index is 13.7. The number of unbranched alkanes of at least 4 members (excludes halogenated alkanes) is 7. The normalized spacial score (nSPS) is 15.9. The molecule has 0 aliphatic rings. The molecule has 0 bridgehead atoms. The summed E-state index contributed by atoms with van der Waals surface area (Å²) >= 11 is 0. The number of ether oxygens (including phenoxy) is 1. The van der Waals surface area contributed by atoms with Crippen LogP contribution in [0.4, 0.5) is 13.2 Å². The molecule has 3 atom stereocenters. The van der Waals surface area contributed by atoms with Crippen molar-refractivity contribution in [3.05, 3.63) is 0 Å². The van der Waals surface area contributed by atoms with Crippen molar-refractivity contribution >= 4 is 17.0 Å². The van der Waals surface area contributed by atoms with Crippen LogP contribution >= 0.6 is 0 Å². The molecule has 1 N–H and O–H groups in total. The summed E-state index contributed by atoms with van der Waals surface area (Å²) in [6.07, 6.45) is 3.33. The molecule has 0 fully saturated rings. The SMILES string of the molecule is CCCCCCCCCC[C@@H](C(=O)OCC)[C@@H](N[S@](=O)C(C)(C)C)C(F)(F)F. The summed E-state index contributed by atoms with van der Waals surface area (Å²) in [6.45, 7) is 8.48. The smallest absolute Gasteiger partial charge is 0.405 e. The quantitative estimate of drug-likeness (QED) is 0.285. The van der Waals surface area contributed by atoms with Gasteiger partial charge in [-0.25, -0.2) is 8.93 Å². The van der Waals surface area contributed by atoms with Crippen LogP contribution in [0.3, 0.4) is 0 Å². The van der Waals surface area contributed by atoms with Crippen LogP contribution in [-0.2, 0) is 20.5 Å². The van der Waals surface area contributed by atoms with Gasteiger partial charge in [-0.05, 0) is 34.1 Å². The van der Waals surface area contributed by atoms with Crippen molar-refractivity contribution in [2.24, 2.45) is 5.92 Å². The average Bonchev–Trinajstić information content (AvgIpc) is 2.57. The molecule has 0 aliphatic carbocycles. The molecule has 0 spiro atoms. The van der Waals surface area contributed by atoms with Crippen LogP contribution < -0.4 is 4.72 Å². The van der Waals surface area contributed by atoms with E-state index in [2.05, 4.69) is 11.6 Å². The van der Waals surface area contributed by atoms with Gasteiger partial charge in [0, 0.05) is 0 Å². The number of hydrogen-bond donors (Lipinski definition) is 1. The van der Waals surface area contributed by atoms with Crippen LogP contribution in [0.5, 0.6) is 0 Å². The zero-order valence-electron chi connectivity index (χ0n) is 18.0. The second-order valence-electron chi connectivity index (χ2n) is 8.14. The summed E-state index contributed by atoms with van der Waals surface area (Å²) in [5, 5.41) is 0. The first-order valence-electron chi connectivity index (χ1n) is 10.4. The van der Waals surface area contributed by atoms with Crippen LogP contribution in [0, 0.1) is 5.92 Å². The maximum Gasteiger partial charge on any atom is 0.405 e. The van der Waals surface area contributed by atoms with E-state index in [0.717, 1.165) is 25.7 Å². The molecular weight excluding hydrogens is 391 g/mol. The number of esters is 1. The Labute approximate surface area is 171 Å². The third kappa shape index (κ3) is 11.4. The Morgan fingerprint density at radius 3 is 1.89 bits per heavy atom. The molecule has 0 saturated heterocycles. The Morgan fingerprint density at radius 1 is 0.964 bits per heavy atom. The lowest BCUT2D eigenvalue weighted by Crippen LogP contribution is -2.53. The van der Waals surface area contributed by atoms with Crippen LogP contribution in [0.25, 0.3) is 0 Å². The highest BCUT2D eigenvalue weighted by molar-refractivity contribution is 7.84. The summed E-state index contributed by atoms with van der Waals surface area (Å²) in [5.41, 5.74) is 0. The summed E-state index contributed by atoms with van der Waals surface area (Å²) in [6, 6.07) is -2.18. The van der Waals surface area contributed by atoms with Crippen molar-refractivity contribution in [1.29, 1.82) is 0 Å². The van der Waals surface area contributed by atoms with E-state index in [1.807, 2.05) is 0 Å². The van der Waals surface area contributed by atoms with Crippen molar-refractivity contribution in [3.63, 3.8) is 0 Å². The number of alkyl halides is 3. The average molecular weight is 430 g/mol. The van der Waals surface area contributed by atoms with E-state index in [4.69, 9.17) is 4.74 Å². The first kappa shape index (κ1) is 27.4. The Morgan fingerprint density at radius 2 is 1.46 bits per heavy atom. The van der Waals surface area contributed by atoms with Gasteiger partial charge in [0.15, 0.2) is 0 Å². The molecule has 0 aromatic carbocycles. The van der Waals surface area contributed by atoms with E-state index in [0.29, 0.717) is 6.42 Å². The van der Waals surface area contributed by atoms with Crippen LogP contribution in [0.2, 0.25) is 0 Å². The summed E-state index contributed by atoms with van der Waals surface area (Å²) in [7, 11) is -1.95. The fourth-order valence-corrected chi connectivity index (χ4v) is 3.72. The van der Waals surface area contributed by atoms with E-state index in [1.54, 1.807) is 27.7 Å². The van der Waals surface area contributed by atoms with E-state index < -0.39 is 39.8 Å². The van der Waals surface area contributed by atoms with Gasteiger partial charge in [0.25, 0.3) is 0 Å². The van der Waals surface area contributed by atoms with Crippen molar-refractivity contribution in [2.75, 3.05) is 6.61 Å². The van der Waals surface area contributed by atoms with Gasteiger partial charge in [-0.15, -0.1) is 0 Å². The Balaban J connectivity index is 4.95. The van der Waals surface area contributed by atoms with Gasteiger partial charge in [-0.2, -0.15) is 13.2 Å². The zero-order chi connectivity index (χ0) is 21.8. The highest BCUT2D eigenvalue weighted by Gasteiger charge is 2.49. The molecule has 0 amide bonds. The van der Waals surface area contributed by atoms with Gasteiger partial charge in [-0.1, -0.05) is 58.3 Å². The fourth-order valence-electron chi connectivity index (χ4n) is 2.84. The van der Waals surface area contributed by atoms with Gasteiger partial charge in [0.05, 0.1) is 28.3 Å². The lowest BCUT2D eigenvalue weighted by molar-refractivity contribution is -0.179. The third-order valence-corrected chi connectivity index (χ3v) is 6.08. The highest BCUT2D eigenvalue weighted by Crippen LogP contribution is 2.31. The van der Waals surface area contributed by atoms with Gasteiger partial charge in [0.1, 0.15) is 6.04 Å². The van der Waals surface area contributed by atoms with Gasteiger partial charge >= 0.3 is 12.1 Å². The standard InChI is InChI=1S/C20H38F3NO3S/c1-6-8-9-10-11-12-13-14-15-16(18(25)27-7-2)17(20(21,22)23)24-28(26)19(3,4)5/h16-17,24H,6-15H2,1-5H3/t16-,17-,28-/m1/s1. The predicted octanol–water partition coefficient (Wildman–Crippen LogP) is 5.68. The molecule has 28 heavy (non-hydrogen) atoms. The largest absolute Gasteiger partial charge is 0.466 e. The minimum atomic E-state index is -4.70. The molecule has 0 heterocycles. The molecule has 8 heteroatoms. The Kier molecular flexibility index (Phi) is 13.3. The Bertz CT molecular complexity index is 465. The number of hydrogen-bond acceptors (Lipinski definition) is 3. The summed E-state index contributed by atoms with van der Waals surface area (Å²) in [4.78, 5) is 12.2. The van der Waals surface area contributed by atoms with Crippen molar-refractivity contribution in [3.8, 4) is 0 Å². The molecular formula is C20H38F3NO3S. The summed E-state index contributed by atoms with van der Waals surface area (Å²) < 4.78 is 59.4. The molecule has 0 saturated carbocycles.